The molecule has 0 saturated carbocycles. The van der Waals surface area contributed by atoms with Gasteiger partial charge >= 0.3 is 0 Å². The number of ether oxygens (including phenoxy) is 1. The fourth-order valence-electron chi connectivity index (χ4n) is 2.65. The number of aryl methyl sites for hydroxylation is 1. The van der Waals surface area contributed by atoms with Crippen LogP contribution in [-0.4, -0.2) is 22.1 Å². The molecule has 1 amide bonds. The molecule has 5 nitrogen and oxygen atoms in total. The summed E-state index contributed by atoms with van der Waals surface area (Å²) in [6.07, 6.45) is 3.61. The number of amides is 1. The molecule has 0 radical (unpaired) electrons. The Kier molecular flexibility index (Phi) is 5.63. The van der Waals surface area contributed by atoms with Crippen molar-refractivity contribution in [2.45, 2.75) is 12.5 Å². The summed E-state index contributed by atoms with van der Waals surface area (Å²) in [4.78, 5) is 16.7. The van der Waals surface area contributed by atoms with E-state index in [1.165, 1.54) is 12.1 Å². The van der Waals surface area contributed by atoms with Crippen molar-refractivity contribution in [3.8, 4) is 5.75 Å². The summed E-state index contributed by atoms with van der Waals surface area (Å²) in [7, 11) is 1.83. The molecule has 0 aliphatic heterocycles. The molecule has 0 aliphatic rings. The van der Waals surface area contributed by atoms with E-state index in [0.29, 0.717) is 17.1 Å². The second kappa shape index (κ2) is 8.29. The molecule has 26 heavy (non-hydrogen) atoms. The van der Waals surface area contributed by atoms with Crippen molar-refractivity contribution in [2.24, 2.45) is 7.05 Å². The van der Waals surface area contributed by atoms with Crippen LogP contribution in [0.3, 0.4) is 0 Å². The fourth-order valence-corrected chi connectivity index (χ4v) is 2.65. The highest BCUT2D eigenvalue weighted by Crippen LogP contribution is 2.21. The van der Waals surface area contributed by atoms with Gasteiger partial charge in [0.2, 0.25) is 5.91 Å². The third-order valence-electron chi connectivity index (χ3n) is 3.95. The molecule has 1 atom stereocenters. The number of nitrogens with one attached hydrogen (secondary N) is 1. The molecule has 1 aromatic heterocycles. The van der Waals surface area contributed by atoms with Crippen molar-refractivity contribution < 1.29 is 13.9 Å². The summed E-state index contributed by atoms with van der Waals surface area (Å²) in [5.41, 5.74) is 0.636. The Hall–Kier alpha value is -3.15. The molecular formula is C20H20FN3O2. The first-order valence-corrected chi connectivity index (χ1v) is 8.33. The van der Waals surface area contributed by atoms with Crippen molar-refractivity contribution in [1.29, 1.82) is 0 Å². The first-order chi connectivity index (χ1) is 12.6. The number of halogens is 1. The number of carbonyl (C=O) groups is 1. The minimum Gasteiger partial charge on any atom is -0.493 e. The summed E-state index contributed by atoms with van der Waals surface area (Å²) in [5.74, 6) is 0.792. The van der Waals surface area contributed by atoms with Gasteiger partial charge in [0.1, 0.15) is 23.4 Å². The van der Waals surface area contributed by atoms with E-state index in [0.717, 1.165) is 0 Å². The number of hydrogen-bond acceptors (Lipinski definition) is 3. The number of imidazole rings is 1. The predicted molar refractivity (Wildman–Crippen MR) is 96.1 cm³/mol. The van der Waals surface area contributed by atoms with Crippen molar-refractivity contribution in [2.75, 3.05) is 6.61 Å². The van der Waals surface area contributed by atoms with Crippen molar-refractivity contribution >= 4 is 5.91 Å². The van der Waals surface area contributed by atoms with Crippen LogP contribution >= 0.6 is 0 Å². The van der Waals surface area contributed by atoms with Gasteiger partial charge in [-0.3, -0.25) is 4.79 Å². The summed E-state index contributed by atoms with van der Waals surface area (Å²) in [5, 5.41) is 2.92. The van der Waals surface area contributed by atoms with E-state index in [4.69, 9.17) is 4.74 Å². The number of nitrogens with zero attached hydrogens (tertiary/aromatic N) is 2. The summed E-state index contributed by atoms with van der Waals surface area (Å²) < 4.78 is 21.0. The maximum atomic E-state index is 13.6. The second-order valence-electron chi connectivity index (χ2n) is 5.86. The zero-order valence-electron chi connectivity index (χ0n) is 14.4. The topological polar surface area (TPSA) is 56.2 Å². The van der Waals surface area contributed by atoms with Crippen LogP contribution in [-0.2, 0) is 11.8 Å². The van der Waals surface area contributed by atoms with Crippen molar-refractivity contribution in [3.05, 3.63) is 84.2 Å². The lowest BCUT2D eigenvalue weighted by Gasteiger charge is -2.19. The van der Waals surface area contributed by atoms with E-state index in [-0.39, 0.29) is 24.8 Å². The SMILES string of the molecule is Cn1ccnc1C(NC(=O)CCOc1ccccc1)c1cccc(F)c1. The molecule has 0 fully saturated rings. The van der Waals surface area contributed by atoms with Gasteiger partial charge in [-0.25, -0.2) is 9.37 Å². The quantitative estimate of drug-likeness (QED) is 0.709. The van der Waals surface area contributed by atoms with Gasteiger partial charge in [0.15, 0.2) is 0 Å². The molecule has 3 aromatic rings. The average molecular weight is 353 g/mol. The zero-order valence-corrected chi connectivity index (χ0v) is 14.4. The maximum absolute atomic E-state index is 13.6. The molecule has 0 aliphatic carbocycles. The van der Waals surface area contributed by atoms with E-state index in [1.54, 1.807) is 29.1 Å². The normalized spacial score (nSPS) is 11.8. The van der Waals surface area contributed by atoms with Crippen molar-refractivity contribution in [1.82, 2.24) is 14.9 Å². The lowest BCUT2D eigenvalue weighted by molar-refractivity contribution is -0.122. The molecular weight excluding hydrogens is 333 g/mol. The summed E-state index contributed by atoms with van der Waals surface area (Å²) in [6.45, 7) is 0.256. The molecule has 6 heteroatoms. The number of benzene rings is 2. The Morgan fingerprint density at radius 1 is 1.23 bits per heavy atom. The molecule has 0 bridgehead atoms. The van der Waals surface area contributed by atoms with E-state index in [9.17, 15) is 9.18 Å². The minimum atomic E-state index is -0.532. The standard InChI is InChI=1S/C20H20FN3O2/c1-24-12-11-22-20(24)19(15-6-5-7-16(21)14-15)23-18(25)10-13-26-17-8-3-2-4-9-17/h2-9,11-12,14,19H,10,13H2,1H3,(H,23,25). The molecule has 1 N–H and O–H groups in total. The third-order valence-corrected chi connectivity index (χ3v) is 3.95. The van der Waals surface area contributed by atoms with Gasteiger partial charge in [-0.15, -0.1) is 0 Å². The first kappa shape index (κ1) is 17.7. The molecule has 0 spiro atoms. The lowest BCUT2D eigenvalue weighted by atomic mass is 10.1. The molecule has 134 valence electrons. The van der Waals surface area contributed by atoms with Gasteiger partial charge < -0.3 is 14.6 Å². The van der Waals surface area contributed by atoms with Crippen LogP contribution in [0.25, 0.3) is 0 Å². The zero-order chi connectivity index (χ0) is 18.4. The van der Waals surface area contributed by atoms with E-state index >= 15 is 0 Å². The van der Waals surface area contributed by atoms with Crippen LogP contribution in [0.1, 0.15) is 23.9 Å². The van der Waals surface area contributed by atoms with Gasteiger partial charge in [0.25, 0.3) is 0 Å². The Bertz CT molecular complexity index is 864. The lowest BCUT2D eigenvalue weighted by Crippen LogP contribution is -2.32. The molecule has 2 aromatic carbocycles. The van der Waals surface area contributed by atoms with Crippen LogP contribution in [0.4, 0.5) is 4.39 Å². The smallest absolute Gasteiger partial charge is 0.224 e. The highest BCUT2D eigenvalue weighted by Gasteiger charge is 2.21. The average Bonchev–Trinajstić information content (AvgIpc) is 3.06. The van der Waals surface area contributed by atoms with Gasteiger partial charge in [0.05, 0.1) is 13.0 Å². The second-order valence-corrected chi connectivity index (χ2v) is 5.86. The van der Waals surface area contributed by atoms with Gasteiger partial charge in [-0.1, -0.05) is 30.3 Å². The Labute approximate surface area is 151 Å². The monoisotopic (exact) mass is 353 g/mol. The summed E-state index contributed by atoms with van der Waals surface area (Å²) in [6, 6.07) is 14.9. The number of hydrogen-bond donors (Lipinski definition) is 1. The largest absolute Gasteiger partial charge is 0.493 e. The Morgan fingerprint density at radius 2 is 2.04 bits per heavy atom. The molecule has 3 rings (SSSR count). The Balaban J connectivity index is 1.67. The van der Waals surface area contributed by atoms with Crippen LogP contribution in [0.15, 0.2) is 67.0 Å². The number of aromatic nitrogens is 2. The van der Waals surface area contributed by atoms with E-state index in [2.05, 4.69) is 10.3 Å². The van der Waals surface area contributed by atoms with Crippen LogP contribution in [0.2, 0.25) is 0 Å². The first-order valence-electron chi connectivity index (χ1n) is 8.33. The highest BCUT2D eigenvalue weighted by atomic mass is 19.1. The maximum Gasteiger partial charge on any atom is 0.224 e. The molecule has 1 heterocycles. The van der Waals surface area contributed by atoms with E-state index in [1.807, 2.05) is 37.4 Å². The van der Waals surface area contributed by atoms with Crippen LogP contribution < -0.4 is 10.1 Å². The summed E-state index contributed by atoms with van der Waals surface area (Å²) >= 11 is 0. The highest BCUT2D eigenvalue weighted by molar-refractivity contribution is 5.77. The van der Waals surface area contributed by atoms with Gasteiger partial charge in [0, 0.05) is 19.4 Å². The predicted octanol–water partition coefficient (Wildman–Crippen LogP) is 3.23. The van der Waals surface area contributed by atoms with Crippen LogP contribution in [0, 0.1) is 5.82 Å². The van der Waals surface area contributed by atoms with Gasteiger partial charge in [-0.05, 0) is 29.8 Å². The van der Waals surface area contributed by atoms with Gasteiger partial charge in [-0.2, -0.15) is 0 Å². The number of rotatable bonds is 7. The minimum absolute atomic E-state index is 0.186. The van der Waals surface area contributed by atoms with E-state index < -0.39 is 6.04 Å². The number of para-hydroxylation sites is 1. The molecule has 1 unspecified atom stereocenters. The number of carbonyl (C=O) groups excluding carboxylic acids is 1. The fraction of sp³-hybridized carbons (Fsp3) is 0.200. The van der Waals surface area contributed by atoms with Crippen LogP contribution in [0.5, 0.6) is 5.75 Å². The Morgan fingerprint density at radius 3 is 2.73 bits per heavy atom. The third kappa shape index (κ3) is 4.47. The van der Waals surface area contributed by atoms with Crippen molar-refractivity contribution in [3.63, 3.8) is 0 Å². The molecule has 0 saturated heterocycles.